The molecule has 0 amide bonds. The number of oxime groups is 1. The molecule has 82 valence electrons. The van der Waals surface area contributed by atoms with Crippen molar-refractivity contribution in [2.75, 3.05) is 17.6 Å². The first-order valence-corrected chi connectivity index (χ1v) is 4.55. The maximum Gasteiger partial charge on any atom is 0.352 e. The van der Waals surface area contributed by atoms with Crippen molar-refractivity contribution < 1.29 is 4.84 Å². The van der Waals surface area contributed by atoms with E-state index in [1.54, 1.807) is 13.8 Å². The zero-order valence-electron chi connectivity index (χ0n) is 8.98. The first kappa shape index (κ1) is 11.2. The summed E-state index contributed by atoms with van der Waals surface area (Å²) in [6.45, 7) is 6.22. The lowest BCUT2D eigenvalue weighted by molar-refractivity contribution is 0.312. The van der Waals surface area contributed by atoms with E-state index in [0.29, 0.717) is 12.5 Å². The zero-order valence-corrected chi connectivity index (χ0v) is 8.98. The van der Waals surface area contributed by atoms with Crippen LogP contribution in [0.15, 0.2) is 5.16 Å². The Morgan fingerprint density at radius 2 is 2.13 bits per heavy atom. The van der Waals surface area contributed by atoms with Crippen LogP contribution in [0.2, 0.25) is 0 Å². The second kappa shape index (κ2) is 5.08. The van der Waals surface area contributed by atoms with E-state index >= 15 is 0 Å². The van der Waals surface area contributed by atoms with Crippen molar-refractivity contribution in [3.8, 4) is 6.01 Å². The summed E-state index contributed by atoms with van der Waals surface area (Å²) in [7, 11) is 0. The Labute approximate surface area is 87.8 Å². The minimum atomic E-state index is 0.0830. The molecule has 0 saturated carbocycles. The first-order valence-electron chi connectivity index (χ1n) is 4.55. The highest BCUT2D eigenvalue weighted by Crippen LogP contribution is 2.08. The van der Waals surface area contributed by atoms with Gasteiger partial charge in [-0.2, -0.15) is 15.0 Å². The van der Waals surface area contributed by atoms with Gasteiger partial charge in [0.2, 0.25) is 11.9 Å². The summed E-state index contributed by atoms with van der Waals surface area (Å²) < 4.78 is 0. The standard InChI is InChI=1S/C8H14N6O/c1-4-10-7-11-6(9)12-8(13-7)15-14-5(2)3/h4H2,1-3H3,(H3,9,10,11,12,13). The van der Waals surface area contributed by atoms with Crippen LogP contribution >= 0.6 is 0 Å². The van der Waals surface area contributed by atoms with Crippen LogP contribution in [0, 0.1) is 0 Å². The minimum Gasteiger partial charge on any atom is -0.368 e. The van der Waals surface area contributed by atoms with Gasteiger partial charge in [0, 0.05) is 6.54 Å². The molecule has 0 saturated heterocycles. The third-order valence-electron chi connectivity index (χ3n) is 1.28. The zero-order chi connectivity index (χ0) is 11.3. The van der Waals surface area contributed by atoms with Gasteiger partial charge in [-0.1, -0.05) is 5.16 Å². The van der Waals surface area contributed by atoms with Crippen LogP contribution in [0.5, 0.6) is 6.01 Å². The van der Waals surface area contributed by atoms with Crippen molar-refractivity contribution in [2.45, 2.75) is 20.8 Å². The van der Waals surface area contributed by atoms with Crippen molar-refractivity contribution in [3.63, 3.8) is 0 Å². The van der Waals surface area contributed by atoms with Gasteiger partial charge in [-0.25, -0.2) is 0 Å². The Balaban J connectivity index is 2.83. The van der Waals surface area contributed by atoms with Gasteiger partial charge in [0.05, 0.1) is 5.71 Å². The molecule has 0 aliphatic carbocycles. The molecule has 0 atom stereocenters. The Hall–Kier alpha value is -1.92. The Kier molecular flexibility index (Phi) is 3.78. The maximum atomic E-state index is 5.47. The highest BCUT2D eigenvalue weighted by atomic mass is 16.6. The van der Waals surface area contributed by atoms with Crippen LogP contribution < -0.4 is 15.9 Å². The molecule has 0 unspecified atom stereocenters. The maximum absolute atomic E-state index is 5.47. The van der Waals surface area contributed by atoms with E-state index in [0.717, 1.165) is 5.71 Å². The predicted molar refractivity (Wildman–Crippen MR) is 57.8 cm³/mol. The molecule has 0 aliphatic heterocycles. The Morgan fingerprint density at radius 1 is 1.40 bits per heavy atom. The third-order valence-corrected chi connectivity index (χ3v) is 1.28. The molecule has 1 aromatic heterocycles. The number of nitrogen functional groups attached to an aromatic ring is 1. The predicted octanol–water partition coefficient (Wildman–Crippen LogP) is 0.660. The minimum absolute atomic E-state index is 0.0830. The summed E-state index contributed by atoms with van der Waals surface area (Å²) in [6.07, 6.45) is 0. The van der Waals surface area contributed by atoms with Crippen LogP contribution in [0.1, 0.15) is 20.8 Å². The van der Waals surface area contributed by atoms with E-state index in [-0.39, 0.29) is 12.0 Å². The molecule has 7 heteroatoms. The van der Waals surface area contributed by atoms with E-state index in [1.807, 2.05) is 6.92 Å². The van der Waals surface area contributed by atoms with Crippen LogP contribution in [0.4, 0.5) is 11.9 Å². The number of hydrogen-bond acceptors (Lipinski definition) is 7. The van der Waals surface area contributed by atoms with Gasteiger partial charge < -0.3 is 15.9 Å². The van der Waals surface area contributed by atoms with Crippen molar-refractivity contribution in [3.05, 3.63) is 0 Å². The lowest BCUT2D eigenvalue weighted by Gasteiger charge is -2.03. The number of hydrogen-bond donors (Lipinski definition) is 2. The molecule has 1 heterocycles. The quantitative estimate of drug-likeness (QED) is 0.559. The van der Waals surface area contributed by atoms with E-state index in [9.17, 15) is 0 Å². The van der Waals surface area contributed by atoms with E-state index < -0.39 is 0 Å². The number of nitrogens with one attached hydrogen (secondary N) is 1. The number of nitrogens with zero attached hydrogens (tertiary/aromatic N) is 4. The van der Waals surface area contributed by atoms with Gasteiger partial charge in [0.25, 0.3) is 0 Å². The molecule has 0 aromatic carbocycles. The average molecular weight is 210 g/mol. The molecule has 0 aliphatic rings. The fourth-order valence-electron chi connectivity index (χ4n) is 0.782. The number of nitrogens with two attached hydrogens (primary N) is 1. The molecule has 0 fully saturated rings. The van der Waals surface area contributed by atoms with E-state index in [2.05, 4.69) is 25.4 Å². The molecule has 1 aromatic rings. The topological polar surface area (TPSA) is 98.3 Å². The fourth-order valence-corrected chi connectivity index (χ4v) is 0.782. The Bertz CT molecular complexity index is 360. The average Bonchev–Trinajstić information content (AvgIpc) is 2.14. The lowest BCUT2D eigenvalue weighted by Crippen LogP contribution is -2.07. The molecule has 7 nitrogen and oxygen atoms in total. The largest absolute Gasteiger partial charge is 0.368 e. The second-order valence-corrected chi connectivity index (χ2v) is 2.96. The van der Waals surface area contributed by atoms with Crippen LogP contribution in [0.3, 0.4) is 0 Å². The van der Waals surface area contributed by atoms with Gasteiger partial charge in [0.1, 0.15) is 0 Å². The van der Waals surface area contributed by atoms with E-state index in [1.165, 1.54) is 0 Å². The molecule has 0 spiro atoms. The van der Waals surface area contributed by atoms with Gasteiger partial charge in [-0.3, -0.25) is 0 Å². The van der Waals surface area contributed by atoms with Crippen molar-refractivity contribution in [2.24, 2.45) is 5.16 Å². The molecular weight excluding hydrogens is 196 g/mol. The number of anilines is 2. The molecule has 0 bridgehead atoms. The van der Waals surface area contributed by atoms with Crippen LogP contribution in [-0.2, 0) is 0 Å². The van der Waals surface area contributed by atoms with Crippen LogP contribution in [-0.4, -0.2) is 27.2 Å². The highest BCUT2D eigenvalue weighted by molar-refractivity contribution is 5.78. The summed E-state index contributed by atoms with van der Waals surface area (Å²) in [6, 6.07) is 0.0830. The molecular formula is C8H14N6O. The first-order chi connectivity index (χ1) is 7.11. The highest BCUT2D eigenvalue weighted by Gasteiger charge is 2.04. The molecule has 1 rings (SSSR count). The third kappa shape index (κ3) is 3.75. The summed E-state index contributed by atoms with van der Waals surface area (Å²) >= 11 is 0. The fraction of sp³-hybridized carbons (Fsp3) is 0.500. The molecule has 15 heavy (non-hydrogen) atoms. The molecule has 3 N–H and O–H groups in total. The number of rotatable bonds is 4. The summed E-state index contributed by atoms with van der Waals surface area (Å²) in [5.74, 6) is 0.476. The summed E-state index contributed by atoms with van der Waals surface area (Å²) in [5, 5.41) is 6.62. The SMILES string of the molecule is CCNc1nc(N)nc(ON=C(C)C)n1. The van der Waals surface area contributed by atoms with Crippen molar-refractivity contribution in [1.29, 1.82) is 0 Å². The van der Waals surface area contributed by atoms with Crippen molar-refractivity contribution >= 4 is 17.6 Å². The lowest BCUT2D eigenvalue weighted by atomic mass is 10.5. The van der Waals surface area contributed by atoms with Gasteiger partial charge >= 0.3 is 6.01 Å². The summed E-state index contributed by atoms with van der Waals surface area (Å²) in [4.78, 5) is 16.5. The summed E-state index contributed by atoms with van der Waals surface area (Å²) in [5.41, 5.74) is 6.23. The van der Waals surface area contributed by atoms with Crippen LogP contribution in [0.25, 0.3) is 0 Å². The van der Waals surface area contributed by atoms with Crippen molar-refractivity contribution in [1.82, 2.24) is 15.0 Å². The smallest absolute Gasteiger partial charge is 0.352 e. The molecule has 0 radical (unpaired) electrons. The van der Waals surface area contributed by atoms with Gasteiger partial charge in [-0.15, -0.1) is 0 Å². The monoisotopic (exact) mass is 210 g/mol. The second-order valence-electron chi connectivity index (χ2n) is 2.96. The van der Waals surface area contributed by atoms with E-state index in [4.69, 9.17) is 10.6 Å². The van der Waals surface area contributed by atoms with Gasteiger partial charge in [0.15, 0.2) is 0 Å². The number of aromatic nitrogens is 3. The van der Waals surface area contributed by atoms with Gasteiger partial charge in [-0.05, 0) is 20.8 Å². The Morgan fingerprint density at radius 3 is 2.73 bits per heavy atom. The normalized spacial score (nSPS) is 9.53.